The summed E-state index contributed by atoms with van der Waals surface area (Å²) < 4.78 is 23.9. The standard InChI is InChI=1S/C13H14N2O3S2/c1-8-9(13(16)14-2)4-5-11(20(3,17)18)12(8)10-6-15-7-19-10/h4-7H,1-3H3,(H,14,16). The van der Waals surface area contributed by atoms with E-state index in [0.717, 1.165) is 11.1 Å². The van der Waals surface area contributed by atoms with Crippen LogP contribution in [0.4, 0.5) is 0 Å². The molecule has 0 fully saturated rings. The van der Waals surface area contributed by atoms with Crippen LogP contribution in [0.1, 0.15) is 15.9 Å². The van der Waals surface area contributed by atoms with Crippen LogP contribution in [0.25, 0.3) is 10.4 Å². The van der Waals surface area contributed by atoms with E-state index < -0.39 is 9.84 Å². The largest absolute Gasteiger partial charge is 0.355 e. The molecule has 0 aliphatic heterocycles. The fourth-order valence-corrected chi connectivity index (χ4v) is 3.77. The number of rotatable bonds is 3. The van der Waals surface area contributed by atoms with Crippen LogP contribution in [-0.2, 0) is 9.84 Å². The third-order valence-electron chi connectivity index (χ3n) is 2.98. The lowest BCUT2D eigenvalue weighted by Crippen LogP contribution is -2.19. The van der Waals surface area contributed by atoms with Gasteiger partial charge in [-0.15, -0.1) is 11.3 Å². The van der Waals surface area contributed by atoms with Crippen molar-refractivity contribution in [2.75, 3.05) is 13.3 Å². The van der Waals surface area contributed by atoms with Crippen molar-refractivity contribution in [2.45, 2.75) is 11.8 Å². The molecule has 5 nitrogen and oxygen atoms in total. The van der Waals surface area contributed by atoms with Crippen LogP contribution in [-0.4, -0.2) is 32.6 Å². The van der Waals surface area contributed by atoms with Crippen molar-refractivity contribution in [3.05, 3.63) is 35.0 Å². The van der Waals surface area contributed by atoms with Crippen molar-refractivity contribution in [1.29, 1.82) is 0 Å². The second-order valence-corrected chi connectivity index (χ2v) is 7.20. The van der Waals surface area contributed by atoms with Gasteiger partial charge in [-0.1, -0.05) is 0 Å². The van der Waals surface area contributed by atoms with Gasteiger partial charge >= 0.3 is 0 Å². The molecule has 0 saturated heterocycles. The number of benzene rings is 1. The van der Waals surface area contributed by atoms with Crippen molar-refractivity contribution in [1.82, 2.24) is 10.3 Å². The number of nitrogens with one attached hydrogen (secondary N) is 1. The molecule has 0 atom stereocenters. The number of hydrogen-bond acceptors (Lipinski definition) is 5. The fourth-order valence-electron chi connectivity index (χ4n) is 2.02. The molecule has 1 N–H and O–H groups in total. The lowest BCUT2D eigenvalue weighted by Gasteiger charge is -2.13. The molecule has 0 aliphatic rings. The molecule has 20 heavy (non-hydrogen) atoms. The van der Waals surface area contributed by atoms with Gasteiger partial charge in [0.15, 0.2) is 9.84 Å². The Kier molecular flexibility index (Phi) is 3.92. The van der Waals surface area contributed by atoms with Gasteiger partial charge in [0.25, 0.3) is 5.91 Å². The first-order valence-corrected chi connectivity index (χ1v) is 8.58. The van der Waals surface area contributed by atoms with Gasteiger partial charge in [-0.3, -0.25) is 9.78 Å². The van der Waals surface area contributed by atoms with Crippen LogP contribution < -0.4 is 5.32 Å². The van der Waals surface area contributed by atoms with Crippen LogP contribution >= 0.6 is 11.3 Å². The zero-order valence-corrected chi connectivity index (χ0v) is 12.9. The van der Waals surface area contributed by atoms with Gasteiger partial charge in [-0.25, -0.2) is 8.42 Å². The summed E-state index contributed by atoms with van der Waals surface area (Å²) in [6.07, 6.45) is 2.77. The predicted octanol–water partition coefficient (Wildman–Crippen LogP) is 1.88. The van der Waals surface area contributed by atoms with E-state index in [1.807, 2.05) is 0 Å². The zero-order chi connectivity index (χ0) is 14.9. The summed E-state index contributed by atoms with van der Waals surface area (Å²) >= 11 is 1.34. The summed E-state index contributed by atoms with van der Waals surface area (Å²) in [5, 5.41) is 2.55. The smallest absolute Gasteiger partial charge is 0.251 e. The summed E-state index contributed by atoms with van der Waals surface area (Å²) in [5.74, 6) is -0.242. The molecule has 0 unspecified atom stereocenters. The van der Waals surface area contributed by atoms with E-state index in [1.54, 1.807) is 25.7 Å². The Hall–Kier alpha value is -1.73. The predicted molar refractivity (Wildman–Crippen MR) is 78.8 cm³/mol. The minimum absolute atomic E-state index is 0.215. The first-order valence-electron chi connectivity index (χ1n) is 5.81. The molecule has 0 radical (unpaired) electrons. The van der Waals surface area contributed by atoms with Crippen molar-refractivity contribution >= 4 is 27.1 Å². The van der Waals surface area contributed by atoms with Gasteiger partial charge in [-0.2, -0.15) is 0 Å². The Morgan fingerprint density at radius 2 is 2.05 bits per heavy atom. The van der Waals surface area contributed by atoms with Gasteiger partial charge < -0.3 is 5.32 Å². The highest BCUT2D eigenvalue weighted by Crippen LogP contribution is 2.34. The monoisotopic (exact) mass is 310 g/mol. The number of nitrogens with zero attached hydrogens (tertiary/aromatic N) is 1. The van der Waals surface area contributed by atoms with E-state index in [1.165, 1.54) is 23.5 Å². The van der Waals surface area contributed by atoms with Crippen LogP contribution in [0.15, 0.2) is 28.7 Å². The number of amides is 1. The van der Waals surface area contributed by atoms with Crippen molar-refractivity contribution in [3.8, 4) is 10.4 Å². The summed E-state index contributed by atoms with van der Waals surface area (Å²) in [6, 6.07) is 3.01. The molecule has 0 saturated carbocycles. The molecule has 7 heteroatoms. The minimum Gasteiger partial charge on any atom is -0.355 e. The van der Waals surface area contributed by atoms with Gasteiger partial charge in [0.05, 0.1) is 15.3 Å². The minimum atomic E-state index is -3.38. The summed E-state index contributed by atoms with van der Waals surface area (Å²) in [4.78, 5) is 16.8. The molecule has 1 heterocycles. The van der Waals surface area contributed by atoms with E-state index in [0.29, 0.717) is 16.7 Å². The molecule has 0 spiro atoms. The molecular weight excluding hydrogens is 296 g/mol. The molecule has 2 aromatic rings. The van der Waals surface area contributed by atoms with E-state index in [2.05, 4.69) is 10.3 Å². The summed E-state index contributed by atoms with van der Waals surface area (Å²) in [5.41, 5.74) is 3.28. The first kappa shape index (κ1) is 14.7. The van der Waals surface area contributed by atoms with Crippen LogP contribution in [0.5, 0.6) is 0 Å². The highest BCUT2D eigenvalue weighted by atomic mass is 32.2. The molecule has 0 bridgehead atoms. The molecule has 1 amide bonds. The Labute approximate surface area is 121 Å². The van der Waals surface area contributed by atoms with Gasteiger partial charge in [-0.05, 0) is 24.6 Å². The molecule has 2 rings (SSSR count). The van der Waals surface area contributed by atoms with Crippen molar-refractivity contribution < 1.29 is 13.2 Å². The Morgan fingerprint density at radius 1 is 1.35 bits per heavy atom. The average molecular weight is 310 g/mol. The SMILES string of the molecule is CNC(=O)c1ccc(S(C)(=O)=O)c(-c2cncs2)c1C. The fraction of sp³-hybridized carbons (Fsp3) is 0.231. The summed E-state index contributed by atoms with van der Waals surface area (Å²) in [7, 11) is -1.84. The topological polar surface area (TPSA) is 76.1 Å². The number of carbonyl (C=O) groups is 1. The maximum atomic E-state index is 11.9. The third-order valence-corrected chi connectivity index (χ3v) is 4.91. The second kappa shape index (κ2) is 5.34. The highest BCUT2D eigenvalue weighted by Gasteiger charge is 2.21. The number of sulfone groups is 1. The molecular formula is C13H14N2O3S2. The van der Waals surface area contributed by atoms with E-state index >= 15 is 0 Å². The Bertz CT molecular complexity index is 750. The maximum absolute atomic E-state index is 11.9. The van der Waals surface area contributed by atoms with Crippen LogP contribution in [0, 0.1) is 6.92 Å². The second-order valence-electron chi connectivity index (χ2n) is 4.33. The quantitative estimate of drug-likeness (QED) is 0.939. The molecule has 1 aromatic carbocycles. The highest BCUT2D eigenvalue weighted by molar-refractivity contribution is 7.90. The van der Waals surface area contributed by atoms with E-state index in [-0.39, 0.29) is 10.8 Å². The lowest BCUT2D eigenvalue weighted by atomic mass is 10.0. The number of aromatic nitrogens is 1. The zero-order valence-electron chi connectivity index (χ0n) is 11.3. The van der Waals surface area contributed by atoms with Crippen molar-refractivity contribution in [3.63, 3.8) is 0 Å². The van der Waals surface area contributed by atoms with Gasteiger partial charge in [0, 0.05) is 30.6 Å². The average Bonchev–Trinajstić information content (AvgIpc) is 2.89. The molecule has 0 aliphatic carbocycles. The van der Waals surface area contributed by atoms with Gasteiger partial charge in [0.1, 0.15) is 0 Å². The summed E-state index contributed by atoms with van der Waals surface area (Å²) in [6.45, 7) is 1.74. The van der Waals surface area contributed by atoms with Crippen LogP contribution in [0.3, 0.4) is 0 Å². The lowest BCUT2D eigenvalue weighted by molar-refractivity contribution is 0.0962. The number of hydrogen-bond donors (Lipinski definition) is 1. The Balaban J connectivity index is 2.81. The number of thiazole rings is 1. The van der Waals surface area contributed by atoms with E-state index in [9.17, 15) is 13.2 Å². The first-order chi connectivity index (χ1) is 9.36. The van der Waals surface area contributed by atoms with Gasteiger partial charge in [0.2, 0.25) is 0 Å². The molecule has 106 valence electrons. The van der Waals surface area contributed by atoms with Crippen molar-refractivity contribution in [2.24, 2.45) is 0 Å². The van der Waals surface area contributed by atoms with E-state index in [4.69, 9.17) is 0 Å². The number of carbonyl (C=O) groups excluding carboxylic acids is 1. The normalized spacial score (nSPS) is 11.3. The Morgan fingerprint density at radius 3 is 2.55 bits per heavy atom. The third kappa shape index (κ3) is 2.59. The molecule has 1 aromatic heterocycles. The maximum Gasteiger partial charge on any atom is 0.251 e. The van der Waals surface area contributed by atoms with Crippen LogP contribution in [0.2, 0.25) is 0 Å².